The van der Waals surface area contributed by atoms with Crippen molar-refractivity contribution in [3.8, 4) is 0 Å². The van der Waals surface area contributed by atoms with E-state index < -0.39 is 27.7 Å². The van der Waals surface area contributed by atoms with Crippen LogP contribution < -0.4 is 10.5 Å². The molecule has 0 spiro atoms. The first kappa shape index (κ1) is 18.9. The molecule has 0 radical (unpaired) electrons. The molecule has 0 aliphatic carbocycles. The Bertz CT molecular complexity index is 880. The minimum Gasteiger partial charge on any atom is -0.326 e. The molecular weight excluding hydrogens is 357 g/mol. The van der Waals surface area contributed by atoms with Crippen LogP contribution in [0.4, 0.5) is 18.9 Å². The number of amides is 1. The average molecular weight is 372 g/mol. The lowest BCUT2D eigenvalue weighted by atomic mass is 10.1. The highest BCUT2D eigenvalue weighted by Gasteiger charge is 2.30. The molecule has 0 aliphatic rings. The third-order valence-corrected chi connectivity index (χ3v) is 3.93. The zero-order chi connectivity index (χ0) is 18.7. The van der Waals surface area contributed by atoms with E-state index in [1.807, 2.05) is 0 Å². The summed E-state index contributed by atoms with van der Waals surface area (Å²) in [5.74, 6) is -0.906. The van der Waals surface area contributed by atoms with Crippen molar-refractivity contribution in [1.82, 2.24) is 0 Å². The van der Waals surface area contributed by atoms with Crippen molar-refractivity contribution in [1.29, 1.82) is 0 Å². The number of alkyl halides is 3. The van der Waals surface area contributed by atoms with Gasteiger partial charge < -0.3 is 5.32 Å². The van der Waals surface area contributed by atoms with Crippen LogP contribution in [-0.2, 0) is 33.2 Å². The fraction of sp³-hybridized carbons (Fsp3) is 0.188. The number of carbonyl (C=O) groups is 1. The fourth-order valence-corrected chi connectivity index (χ4v) is 2.86. The number of rotatable bonds is 5. The third kappa shape index (κ3) is 6.20. The molecule has 0 bridgehead atoms. The number of primary sulfonamides is 1. The molecule has 9 heteroatoms. The monoisotopic (exact) mass is 372 g/mol. The molecule has 0 saturated heterocycles. The van der Waals surface area contributed by atoms with Gasteiger partial charge in [0, 0.05) is 5.69 Å². The maximum Gasteiger partial charge on any atom is 0.416 e. The highest BCUT2D eigenvalue weighted by Crippen LogP contribution is 2.29. The topological polar surface area (TPSA) is 89.3 Å². The molecule has 134 valence electrons. The van der Waals surface area contributed by atoms with Gasteiger partial charge in [-0.05, 0) is 29.3 Å². The first-order valence-corrected chi connectivity index (χ1v) is 8.80. The Morgan fingerprint density at radius 3 is 2.32 bits per heavy atom. The predicted octanol–water partition coefficient (Wildman–Crippen LogP) is 2.68. The number of halogens is 3. The minimum atomic E-state index is -4.48. The number of anilines is 1. The van der Waals surface area contributed by atoms with Crippen LogP contribution in [0, 0.1) is 0 Å². The molecule has 0 fully saturated rings. The smallest absolute Gasteiger partial charge is 0.326 e. The number of nitrogens with one attached hydrogen (secondary N) is 1. The highest BCUT2D eigenvalue weighted by atomic mass is 32.2. The van der Waals surface area contributed by atoms with Crippen LogP contribution >= 0.6 is 0 Å². The van der Waals surface area contributed by atoms with Gasteiger partial charge in [0.2, 0.25) is 15.9 Å². The van der Waals surface area contributed by atoms with E-state index in [1.165, 1.54) is 30.3 Å². The molecule has 1 amide bonds. The molecule has 2 aromatic carbocycles. The van der Waals surface area contributed by atoms with Gasteiger partial charge in [-0.1, -0.05) is 30.3 Å². The lowest BCUT2D eigenvalue weighted by molar-refractivity contribution is -0.137. The van der Waals surface area contributed by atoms with Crippen LogP contribution in [0.15, 0.2) is 48.5 Å². The minimum absolute atomic E-state index is 0.216. The molecule has 0 aliphatic heterocycles. The molecule has 0 heterocycles. The van der Waals surface area contributed by atoms with Crippen LogP contribution in [0.3, 0.4) is 0 Å². The Morgan fingerprint density at radius 2 is 1.68 bits per heavy atom. The van der Waals surface area contributed by atoms with Crippen molar-refractivity contribution in [3.05, 3.63) is 65.2 Å². The van der Waals surface area contributed by atoms with E-state index >= 15 is 0 Å². The summed E-state index contributed by atoms with van der Waals surface area (Å²) in [4.78, 5) is 12.0. The molecule has 25 heavy (non-hydrogen) atoms. The standard InChI is InChI=1S/C16H15F3N2O3S/c17-16(18,19)13-5-1-3-11(7-13)9-15(22)21-14-6-2-4-12(8-14)10-25(20,23)24/h1-8H,9-10H2,(H,21,22)(H2,20,23,24). The van der Waals surface area contributed by atoms with E-state index in [4.69, 9.17) is 5.14 Å². The van der Waals surface area contributed by atoms with Crippen molar-refractivity contribution >= 4 is 21.6 Å². The Hall–Kier alpha value is -2.39. The molecule has 0 unspecified atom stereocenters. The van der Waals surface area contributed by atoms with Gasteiger partial charge in [0.1, 0.15) is 0 Å². The summed E-state index contributed by atoms with van der Waals surface area (Å²) < 4.78 is 60.2. The number of sulfonamides is 1. The maximum absolute atomic E-state index is 12.7. The van der Waals surface area contributed by atoms with Crippen LogP contribution in [0.25, 0.3) is 0 Å². The van der Waals surface area contributed by atoms with E-state index in [0.717, 1.165) is 12.1 Å². The molecule has 0 saturated carbocycles. The number of hydrogen-bond acceptors (Lipinski definition) is 3. The van der Waals surface area contributed by atoms with Crippen LogP contribution in [0.5, 0.6) is 0 Å². The third-order valence-electron chi connectivity index (χ3n) is 3.20. The average Bonchev–Trinajstić information content (AvgIpc) is 2.45. The van der Waals surface area contributed by atoms with Crippen LogP contribution in [0.1, 0.15) is 16.7 Å². The summed E-state index contributed by atoms with van der Waals surface area (Å²) in [7, 11) is -3.71. The first-order valence-electron chi connectivity index (χ1n) is 7.08. The molecule has 3 N–H and O–H groups in total. The largest absolute Gasteiger partial charge is 0.416 e. The fourth-order valence-electron chi connectivity index (χ4n) is 2.22. The van der Waals surface area contributed by atoms with Gasteiger partial charge in [0.15, 0.2) is 0 Å². The summed E-state index contributed by atoms with van der Waals surface area (Å²) in [6.07, 6.45) is -4.72. The Kier molecular flexibility index (Phi) is 5.48. The molecule has 5 nitrogen and oxygen atoms in total. The van der Waals surface area contributed by atoms with Crippen molar-refractivity contribution in [2.75, 3.05) is 5.32 Å². The van der Waals surface area contributed by atoms with Crippen LogP contribution in [-0.4, -0.2) is 14.3 Å². The van der Waals surface area contributed by atoms with Crippen molar-refractivity contribution in [2.24, 2.45) is 5.14 Å². The zero-order valence-electron chi connectivity index (χ0n) is 12.9. The second-order valence-corrected chi connectivity index (χ2v) is 7.05. The zero-order valence-corrected chi connectivity index (χ0v) is 13.7. The molecule has 0 aromatic heterocycles. The molecular formula is C16H15F3N2O3S. The van der Waals surface area contributed by atoms with E-state index in [-0.39, 0.29) is 17.7 Å². The second kappa shape index (κ2) is 7.24. The second-order valence-electron chi connectivity index (χ2n) is 5.43. The molecule has 0 atom stereocenters. The number of hydrogen-bond donors (Lipinski definition) is 2. The van der Waals surface area contributed by atoms with Crippen molar-refractivity contribution < 1.29 is 26.4 Å². The number of carbonyl (C=O) groups excluding carboxylic acids is 1. The van der Waals surface area contributed by atoms with Crippen molar-refractivity contribution in [3.63, 3.8) is 0 Å². The van der Waals surface area contributed by atoms with Gasteiger partial charge in [-0.25, -0.2) is 13.6 Å². The van der Waals surface area contributed by atoms with Gasteiger partial charge in [0.05, 0.1) is 17.7 Å². The van der Waals surface area contributed by atoms with Gasteiger partial charge in [-0.2, -0.15) is 13.2 Å². The Labute approximate surface area is 142 Å². The summed E-state index contributed by atoms with van der Waals surface area (Å²) in [6.45, 7) is 0. The van der Waals surface area contributed by atoms with Gasteiger partial charge in [-0.15, -0.1) is 0 Å². The lowest BCUT2D eigenvalue weighted by Gasteiger charge is -2.10. The van der Waals surface area contributed by atoms with Gasteiger partial charge in [0.25, 0.3) is 0 Å². The van der Waals surface area contributed by atoms with Gasteiger partial charge in [-0.3, -0.25) is 4.79 Å². The van der Waals surface area contributed by atoms with E-state index in [9.17, 15) is 26.4 Å². The molecule has 2 rings (SSSR count). The first-order chi connectivity index (χ1) is 11.5. The van der Waals surface area contributed by atoms with Crippen molar-refractivity contribution in [2.45, 2.75) is 18.3 Å². The lowest BCUT2D eigenvalue weighted by Crippen LogP contribution is -2.16. The Morgan fingerprint density at radius 1 is 1.04 bits per heavy atom. The number of nitrogens with two attached hydrogens (primary N) is 1. The summed E-state index contributed by atoms with van der Waals surface area (Å²) in [6, 6.07) is 10.6. The van der Waals surface area contributed by atoms with E-state index in [2.05, 4.69) is 5.32 Å². The summed E-state index contributed by atoms with van der Waals surface area (Å²) in [5, 5.41) is 7.48. The number of benzene rings is 2. The summed E-state index contributed by atoms with van der Waals surface area (Å²) in [5.41, 5.74) is 0.110. The van der Waals surface area contributed by atoms with E-state index in [1.54, 1.807) is 6.07 Å². The Balaban J connectivity index is 2.07. The summed E-state index contributed by atoms with van der Waals surface area (Å²) >= 11 is 0. The van der Waals surface area contributed by atoms with Gasteiger partial charge >= 0.3 is 6.18 Å². The maximum atomic E-state index is 12.7. The normalized spacial score (nSPS) is 12.0. The molecule has 2 aromatic rings. The predicted molar refractivity (Wildman–Crippen MR) is 87.0 cm³/mol. The quantitative estimate of drug-likeness (QED) is 0.846. The van der Waals surface area contributed by atoms with E-state index in [0.29, 0.717) is 11.3 Å². The SMILES string of the molecule is NS(=O)(=O)Cc1cccc(NC(=O)Cc2cccc(C(F)(F)F)c2)c1. The highest BCUT2D eigenvalue weighted by molar-refractivity contribution is 7.88. The van der Waals surface area contributed by atoms with Crippen LogP contribution in [0.2, 0.25) is 0 Å².